The fourth-order valence-corrected chi connectivity index (χ4v) is 1.94. The first-order valence-corrected chi connectivity index (χ1v) is 7.53. The monoisotopic (exact) mass is 314 g/mol. The van der Waals surface area contributed by atoms with Gasteiger partial charge in [-0.15, -0.1) is 0 Å². The number of para-hydroxylation sites is 1. The van der Waals surface area contributed by atoms with Crippen LogP contribution in [-0.4, -0.2) is 28.1 Å². The molecule has 2 aromatic rings. The first kappa shape index (κ1) is 16.7. The minimum absolute atomic E-state index is 0.137. The SMILES string of the molecule is CCOC(=O)c1ccccc1Nc1ccnc(NC(C)(C)C)n1. The van der Waals surface area contributed by atoms with Crippen molar-refractivity contribution in [3.63, 3.8) is 0 Å². The molecule has 0 saturated heterocycles. The van der Waals surface area contributed by atoms with Gasteiger partial charge in [-0.2, -0.15) is 4.98 Å². The Morgan fingerprint density at radius 3 is 2.65 bits per heavy atom. The van der Waals surface area contributed by atoms with E-state index < -0.39 is 0 Å². The number of nitrogens with one attached hydrogen (secondary N) is 2. The van der Waals surface area contributed by atoms with Gasteiger partial charge in [0, 0.05) is 11.7 Å². The Labute approximate surface area is 136 Å². The zero-order valence-electron chi connectivity index (χ0n) is 13.9. The van der Waals surface area contributed by atoms with Crippen LogP contribution in [0.3, 0.4) is 0 Å². The standard InChI is InChI=1S/C17H22N4O2/c1-5-23-15(22)12-8-6-7-9-13(12)19-14-10-11-18-16(20-14)21-17(2,3)4/h6-11H,5H2,1-4H3,(H2,18,19,20,21). The smallest absolute Gasteiger partial charge is 0.340 e. The van der Waals surface area contributed by atoms with Crippen LogP contribution in [-0.2, 0) is 4.74 Å². The molecule has 0 bridgehead atoms. The highest BCUT2D eigenvalue weighted by atomic mass is 16.5. The Balaban J connectivity index is 2.23. The van der Waals surface area contributed by atoms with Crippen molar-refractivity contribution in [3.8, 4) is 0 Å². The largest absolute Gasteiger partial charge is 0.462 e. The number of benzene rings is 1. The Hall–Kier alpha value is -2.63. The van der Waals surface area contributed by atoms with E-state index in [0.717, 1.165) is 0 Å². The number of hydrogen-bond donors (Lipinski definition) is 2. The summed E-state index contributed by atoms with van der Waals surface area (Å²) in [5.41, 5.74) is 0.978. The van der Waals surface area contributed by atoms with Gasteiger partial charge >= 0.3 is 5.97 Å². The molecule has 6 nitrogen and oxygen atoms in total. The van der Waals surface area contributed by atoms with Crippen molar-refractivity contribution < 1.29 is 9.53 Å². The second-order valence-corrected chi connectivity index (χ2v) is 6.03. The third-order valence-corrected chi connectivity index (χ3v) is 2.83. The van der Waals surface area contributed by atoms with E-state index in [0.29, 0.717) is 29.6 Å². The van der Waals surface area contributed by atoms with Crippen LogP contribution in [0.1, 0.15) is 38.1 Å². The minimum Gasteiger partial charge on any atom is -0.462 e. The van der Waals surface area contributed by atoms with Gasteiger partial charge in [0.1, 0.15) is 5.82 Å². The van der Waals surface area contributed by atoms with E-state index in [1.165, 1.54) is 0 Å². The second-order valence-electron chi connectivity index (χ2n) is 6.03. The molecular formula is C17H22N4O2. The number of carbonyl (C=O) groups excluding carboxylic acids is 1. The van der Waals surface area contributed by atoms with Crippen LogP contribution in [0.15, 0.2) is 36.5 Å². The number of anilines is 3. The molecule has 0 spiro atoms. The summed E-state index contributed by atoms with van der Waals surface area (Å²) in [6.45, 7) is 8.22. The van der Waals surface area contributed by atoms with Crippen LogP contribution in [0.2, 0.25) is 0 Å². The van der Waals surface area contributed by atoms with Crippen molar-refractivity contribution in [2.45, 2.75) is 33.2 Å². The highest BCUT2D eigenvalue weighted by Crippen LogP contribution is 2.21. The molecule has 0 atom stereocenters. The average molecular weight is 314 g/mol. The van der Waals surface area contributed by atoms with Crippen molar-refractivity contribution in [2.75, 3.05) is 17.2 Å². The highest BCUT2D eigenvalue weighted by molar-refractivity contribution is 5.96. The first-order valence-electron chi connectivity index (χ1n) is 7.53. The van der Waals surface area contributed by atoms with E-state index in [1.54, 1.807) is 31.3 Å². The predicted octanol–water partition coefficient (Wildman–Crippen LogP) is 3.61. The fraction of sp³-hybridized carbons (Fsp3) is 0.353. The Morgan fingerprint density at radius 1 is 1.22 bits per heavy atom. The summed E-state index contributed by atoms with van der Waals surface area (Å²) in [6, 6.07) is 8.92. The zero-order chi connectivity index (χ0) is 16.9. The van der Waals surface area contributed by atoms with Crippen molar-refractivity contribution in [2.24, 2.45) is 0 Å². The van der Waals surface area contributed by atoms with Gasteiger partial charge < -0.3 is 15.4 Å². The van der Waals surface area contributed by atoms with Crippen LogP contribution in [0.25, 0.3) is 0 Å². The van der Waals surface area contributed by atoms with Crippen LogP contribution in [0.4, 0.5) is 17.5 Å². The average Bonchev–Trinajstić information content (AvgIpc) is 2.46. The molecule has 6 heteroatoms. The van der Waals surface area contributed by atoms with E-state index in [2.05, 4.69) is 20.6 Å². The molecule has 23 heavy (non-hydrogen) atoms. The molecular weight excluding hydrogens is 292 g/mol. The number of nitrogens with zero attached hydrogens (tertiary/aromatic N) is 2. The van der Waals surface area contributed by atoms with Gasteiger partial charge in [0.25, 0.3) is 0 Å². The highest BCUT2D eigenvalue weighted by Gasteiger charge is 2.14. The number of carbonyl (C=O) groups is 1. The number of esters is 1. The molecule has 0 aliphatic heterocycles. The van der Waals surface area contributed by atoms with Crippen LogP contribution < -0.4 is 10.6 Å². The maximum atomic E-state index is 12.0. The molecule has 1 heterocycles. The Bertz CT molecular complexity index is 680. The Kier molecular flexibility index (Phi) is 5.16. The summed E-state index contributed by atoms with van der Waals surface area (Å²) in [6.07, 6.45) is 1.66. The molecule has 0 radical (unpaired) electrons. The quantitative estimate of drug-likeness (QED) is 0.821. The van der Waals surface area contributed by atoms with Crippen LogP contribution in [0, 0.1) is 0 Å². The third kappa shape index (κ3) is 4.95. The summed E-state index contributed by atoms with van der Waals surface area (Å²) < 4.78 is 5.07. The lowest BCUT2D eigenvalue weighted by Crippen LogP contribution is -2.27. The van der Waals surface area contributed by atoms with Gasteiger partial charge in [0.05, 0.1) is 17.9 Å². The van der Waals surface area contributed by atoms with Gasteiger partial charge in [0.15, 0.2) is 0 Å². The van der Waals surface area contributed by atoms with Gasteiger partial charge in [0.2, 0.25) is 5.95 Å². The molecule has 1 aromatic carbocycles. The lowest BCUT2D eigenvalue weighted by molar-refractivity contribution is 0.0527. The lowest BCUT2D eigenvalue weighted by atomic mass is 10.1. The molecule has 0 aliphatic rings. The summed E-state index contributed by atoms with van der Waals surface area (Å²) in [5.74, 6) is 0.761. The van der Waals surface area contributed by atoms with E-state index in [4.69, 9.17) is 4.74 Å². The van der Waals surface area contributed by atoms with Gasteiger partial charge in [-0.1, -0.05) is 12.1 Å². The molecule has 2 N–H and O–H groups in total. The maximum absolute atomic E-state index is 12.0. The van der Waals surface area contributed by atoms with Crippen LogP contribution >= 0.6 is 0 Å². The minimum atomic E-state index is -0.363. The fourth-order valence-electron chi connectivity index (χ4n) is 1.94. The molecule has 1 aromatic heterocycles. The van der Waals surface area contributed by atoms with Crippen LogP contribution in [0.5, 0.6) is 0 Å². The number of ether oxygens (including phenoxy) is 1. The summed E-state index contributed by atoms with van der Waals surface area (Å²) in [7, 11) is 0. The number of hydrogen-bond acceptors (Lipinski definition) is 6. The summed E-state index contributed by atoms with van der Waals surface area (Å²) >= 11 is 0. The number of rotatable bonds is 5. The maximum Gasteiger partial charge on any atom is 0.340 e. The normalized spacial score (nSPS) is 11.0. The summed E-state index contributed by atoms with van der Waals surface area (Å²) in [5, 5.41) is 6.36. The topological polar surface area (TPSA) is 76.1 Å². The van der Waals surface area contributed by atoms with Gasteiger partial charge in [-0.05, 0) is 45.9 Å². The van der Waals surface area contributed by atoms with Crippen molar-refractivity contribution in [1.29, 1.82) is 0 Å². The van der Waals surface area contributed by atoms with E-state index in [9.17, 15) is 4.79 Å². The Morgan fingerprint density at radius 2 is 1.96 bits per heavy atom. The van der Waals surface area contributed by atoms with E-state index in [1.807, 2.05) is 32.9 Å². The number of aromatic nitrogens is 2. The molecule has 2 rings (SSSR count). The first-order chi connectivity index (χ1) is 10.9. The molecule has 0 amide bonds. The lowest BCUT2D eigenvalue weighted by Gasteiger charge is -2.20. The second kappa shape index (κ2) is 7.09. The van der Waals surface area contributed by atoms with Crippen molar-refractivity contribution in [3.05, 3.63) is 42.1 Å². The van der Waals surface area contributed by atoms with Gasteiger partial charge in [-0.3, -0.25) is 0 Å². The summed E-state index contributed by atoms with van der Waals surface area (Å²) in [4.78, 5) is 20.6. The van der Waals surface area contributed by atoms with E-state index in [-0.39, 0.29) is 11.5 Å². The van der Waals surface area contributed by atoms with Crippen molar-refractivity contribution >= 4 is 23.4 Å². The van der Waals surface area contributed by atoms with Crippen molar-refractivity contribution in [1.82, 2.24) is 9.97 Å². The molecule has 0 fully saturated rings. The van der Waals surface area contributed by atoms with Gasteiger partial charge in [-0.25, -0.2) is 9.78 Å². The predicted molar refractivity (Wildman–Crippen MR) is 91.1 cm³/mol. The van der Waals surface area contributed by atoms with E-state index >= 15 is 0 Å². The zero-order valence-corrected chi connectivity index (χ0v) is 13.9. The molecule has 0 saturated carbocycles. The third-order valence-electron chi connectivity index (χ3n) is 2.83. The molecule has 122 valence electrons. The molecule has 0 unspecified atom stereocenters. The molecule has 0 aliphatic carbocycles.